The van der Waals surface area contributed by atoms with Crippen molar-refractivity contribution in [1.82, 2.24) is 4.90 Å². The molecule has 1 amide bonds. The molecule has 1 unspecified atom stereocenters. The van der Waals surface area contributed by atoms with Crippen LogP contribution < -0.4 is 9.64 Å². The van der Waals surface area contributed by atoms with Crippen molar-refractivity contribution in [2.24, 2.45) is 11.8 Å². The normalized spacial score (nSPS) is 20.3. The molecule has 0 aromatic heterocycles. The fraction of sp³-hybridized carbons (Fsp3) is 0.480. The minimum Gasteiger partial charge on any atom is -0.497 e. The van der Waals surface area contributed by atoms with Crippen molar-refractivity contribution >= 4 is 27.7 Å². The van der Waals surface area contributed by atoms with Gasteiger partial charge >= 0.3 is 6.09 Å². The molecule has 5 nitrogen and oxygen atoms in total. The van der Waals surface area contributed by atoms with E-state index in [2.05, 4.69) is 20.8 Å². The molecule has 1 atom stereocenters. The summed E-state index contributed by atoms with van der Waals surface area (Å²) in [5, 5.41) is 0. The van der Waals surface area contributed by atoms with E-state index < -0.39 is 0 Å². The number of halogens is 2. The Morgan fingerprint density at radius 3 is 2.59 bits per heavy atom. The molecular weight excluding hydrogens is 475 g/mol. The number of hydrogen-bond donors (Lipinski definition) is 0. The van der Waals surface area contributed by atoms with Crippen LogP contribution >= 0.6 is 15.9 Å². The van der Waals surface area contributed by atoms with Gasteiger partial charge in [0.1, 0.15) is 11.6 Å². The number of ether oxygens (including phenoxy) is 2. The number of amides is 1. The first-order chi connectivity index (χ1) is 15.5. The molecule has 32 heavy (non-hydrogen) atoms. The van der Waals surface area contributed by atoms with Gasteiger partial charge in [-0.1, -0.05) is 15.9 Å². The largest absolute Gasteiger partial charge is 0.497 e. The van der Waals surface area contributed by atoms with E-state index in [4.69, 9.17) is 9.47 Å². The number of hydrogen-bond acceptors (Lipinski definition) is 4. The summed E-state index contributed by atoms with van der Waals surface area (Å²) < 4.78 is 25.2. The van der Waals surface area contributed by atoms with Crippen LogP contribution in [0.25, 0.3) is 0 Å². The summed E-state index contributed by atoms with van der Waals surface area (Å²) in [5.41, 5.74) is 1.90. The lowest BCUT2D eigenvalue weighted by Crippen LogP contribution is -2.44. The molecule has 2 saturated heterocycles. The number of carbonyl (C=O) groups excluding carboxylic acids is 1. The number of likely N-dealkylation sites (tertiary alicyclic amines) is 1. The van der Waals surface area contributed by atoms with E-state index in [-0.39, 0.29) is 11.9 Å². The van der Waals surface area contributed by atoms with Crippen LogP contribution in [0.3, 0.4) is 0 Å². The molecule has 2 heterocycles. The highest BCUT2D eigenvalue weighted by molar-refractivity contribution is 9.10. The monoisotopic (exact) mass is 504 g/mol. The van der Waals surface area contributed by atoms with E-state index in [1.807, 2.05) is 24.3 Å². The third-order valence-corrected chi connectivity index (χ3v) is 7.34. The number of piperidine rings is 1. The van der Waals surface area contributed by atoms with Gasteiger partial charge in [0, 0.05) is 22.6 Å². The Morgan fingerprint density at radius 1 is 1.12 bits per heavy atom. The molecule has 4 rings (SSSR count). The second-order valence-corrected chi connectivity index (χ2v) is 9.62. The zero-order valence-electron chi connectivity index (χ0n) is 18.4. The fourth-order valence-corrected chi connectivity index (χ4v) is 5.00. The Hall–Kier alpha value is -2.12. The van der Waals surface area contributed by atoms with Crippen molar-refractivity contribution in [1.29, 1.82) is 0 Å². The van der Waals surface area contributed by atoms with Crippen molar-refractivity contribution in [3.05, 3.63) is 58.3 Å². The maximum atomic E-state index is 13.6. The molecule has 0 bridgehead atoms. The molecule has 2 aliphatic heterocycles. The first kappa shape index (κ1) is 23.1. The highest BCUT2D eigenvalue weighted by Crippen LogP contribution is 2.28. The van der Waals surface area contributed by atoms with Crippen LogP contribution in [0.5, 0.6) is 5.75 Å². The van der Waals surface area contributed by atoms with Crippen LogP contribution in [0.1, 0.15) is 24.8 Å². The molecule has 0 spiro atoms. The molecule has 2 aliphatic rings. The predicted molar refractivity (Wildman–Crippen MR) is 127 cm³/mol. The Kier molecular flexibility index (Phi) is 7.68. The van der Waals surface area contributed by atoms with Crippen LogP contribution in [0.4, 0.5) is 14.9 Å². The van der Waals surface area contributed by atoms with Crippen LogP contribution in [0, 0.1) is 17.7 Å². The Labute approximate surface area is 197 Å². The summed E-state index contributed by atoms with van der Waals surface area (Å²) >= 11 is 3.55. The van der Waals surface area contributed by atoms with E-state index >= 15 is 0 Å². The van der Waals surface area contributed by atoms with Crippen LogP contribution in [-0.2, 0) is 11.2 Å². The molecule has 2 aromatic carbocycles. The van der Waals surface area contributed by atoms with Crippen molar-refractivity contribution in [2.75, 3.05) is 44.8 Å². The Bertz CT molecular complexity index is 916. The van der Waals surface area contributed by atoms with Gasteiger partial charge in [-0.15, -0.1) is 0 Å². The highest BCUT2D eigenvalue weighted by Gasteiger charge is 2.29. The van der Waals surface area contributed by atoms with Gasteiger partial charge in [-0.25, -0.2) is 9.18 Å². The average Bonchev–Trinajstić information content (AvgIpc) is 2.82. The second kappa shape index (κ2) is 10.7. The summed E-state index contributed by atoms with van der Waals surface area (Å²) in [6.07, 6.45) is 3.89. The lowest BCUT2D eigenvalue weighted by Gasteiger charge is -2.35. The number of cyclic esters (lactones) is 1. The fourth-order valence-electron chi connectivity index (χ4n) is 4.59. The van der Waals surface area contributed by atoms with Crippen molar-refractivity contribution < 1.29 is 18.7 Å². The number of nitrogens with zero attached hydrogens (tertiary/aromatic N) is 2. The van der Waals surface area contributed by atoms with Gasteiger partial charge < -0.3 is 14.4 Å². The topological polar surface area (TPSA) is 42.0 Å². The quantitative estimate of drug-likeness (QED) is 0.498. The maximum absolute atomic E-state index is 13.6. The molecule has 2 aromatic rings. The third kappa shape index (κ3) is 5.81. The minimum atomic E-state index is -0.282. The zero-order valence-corrected chi connectivity index (χ0v) is 20.0. The maximum Gasteiger partial charge on any atom is 0.414 e. The average molecular weight is 505 g/mol. The second-order valence-electron chi connectivity index (χ2n) is 8.77. The third-order valence-electron chi connectivity index (χ3n) is 6.56. The first-order valence-electron chi connectivity index (χ1n) is 11.3. The van der Waals surface area contributed by atoms with E-state index in [0.29, 0.717) is 25.0 Å². The summed E-state index contributed by atoms with van der Waals surface area (Å²) in [4.78, 5) is 16.5. The molecule has 172 valence electrons. The van der Waals surface area contributed by atoms with E-state index in [0.717, 1.165) is 66.8 Å². The Morgan fingerprint density at radius 2 is 1.88 bits per heavy atom. The number of anilines is 1. The summed E-state index contributed by atoms with van der Waals surface area (Å²) in [6, 6.07) is 12.4. The molecule has 0 N–H and O–H groups in total. The number of benzene rings is 2. The Balaban J connectivity index is 1.23. The summed E-state index contributed by atoms with van der Waals surface area (Å²) in [6.45, 7) is 4.29. The van der Waals surface area contributed by atoms with E-state index in [1.165, 1.54) is 6.07 Å². The SMILES string of the molecule is COc1ccc(N2CC(CCN3CCC(Cc4cc(F)ccc4Br)CC3)COC2=O)cc1. The van der Waals surface area contributed by atoms with Crippen LogP contribution in [0.2, 0.25) is 0 Å². The van der Waals surface area contributed by atoms with Gasteiger partial charge in [-0.3, -0.25) is 4.90 Å². The standard InChI is InChI=1S/C25H30BrFN2O3/c1-31-23-5-3-22(4-6-23)29-16-19(17-32-25(29)30)10-13-28-11-8-18(9-12-28)14-20-15-21(27)2-7-24(20)26/h2-7,15,18-19H,8-14,16-17H2,1H3. The summed E-state index contributed by atoms with van der Waals surface area (Å²) in [5.74, 6) is 1.50. The smallest absolute Gasteiger partial charge is 0.414 e. The lowest BCUT2D eigenvalue weighted by molar-refractivity contribution is 0.103. The van der Waals surface area contributed by atoms with Crippen LogP contribution in [-0.4, -0.2) is 50.9 Å². The number of carbonyl (C=O) groups is 1. The number of methoxy groups -OCH3 is 1. The molecule has 0 radical (unpaired) electrons. The number of rotatable bonds is 7. The molecular formula is C25H30BrFN2O3. The van der Waals surface area contributed by atoms with Crippen molar-refractivity contribution in [3.63, 3.8) is 0 Å². The highest BCUT2D eigenvalue weighted by atomic mass is 79.9. The molecule has 2 fully saturated rings. The first-order valence-corrected chi connectivity index (χ1v) is 12.1. The van der Waals surface area contributed by atoms with Crippen molar-refractivity contribution in [2.45, 2.75) is 25.7 Å². The van der Waals surface area contributed by atoms with Gasteiger partial charge in [0.15, 0.2) is 0 Å². The van der Waals surface area contributed by atoms with Crippen molar-refractivity contribution in [3.8, 4) is 5.75 Å². The summed E-state index contributed by atoms with van der Waals surface area (Å²) in [7, 11) is 1.63. The van der Waals surface area contributed by atoms with E-state index in [9.17, 15) is 9.18 Å². The predicted octanol–water partition coefficient (Wildman–Crippen LogP) is 5.51. The molecule has 0 saturated carbocycles. The van der Waals surface area contributed by atoms with Gasteiger partial charge in [0.2, 0.25) is 0 Å². The lowest BCUT2D eigenvalue weighted by atomic mass is 9.90. The van der Waals surface area contributed by atoms with Crippen LogP contribution in [0.15, 0.2) is 46.9 Å². The van der Waals surface area contributed by atoms with Gasteiger partial charge in [0.25, 0.3) is 0 Å². The zero-order chi connectivity index (χ0) is 22.5. The minimum absolute atomic E-state index is 0.169. The van der Waals surface area contributed by atoms with E-state index in [1.54, 1.807) is 24.1 Å². The molecule has 0 aliphatic carbocycles. The molecule has 7 heteroatoms. The van der Waals surface area contributed by atoms with Gasteiger partial charge in [-0.05, 0) is 99.3 Å². The van der Waals surface area contributed by atoms with Gasteiger partial charge in [0.05, 0.1) is 13.7 Å². The van der Waals surface area contributed by atoms with Gasteiger partial charge in [-0.2, -0.15) is 0 Å².